The van der Waals surface area contributed by atoms with Crippen molar-refractivity contribution in [2.24, 2.45) is 11.8 Å². The van der Waals surface area contributed by atoms with Crippen molar-refractivity contribution in [1.82, 2.24) is 14.9 Å². The van der Waals surface area contributed by atoms with Gasteiger partial charge in [0, 0.05) is 31.9 Å². The second-order valence-electron chi connectivity index (χ2n) is 6.90. The number of carbonyl (C=O) groups is 1. The zero-order valence-electron chi connectivity index (χ0n) is 12.8. The number of hydrogen-bond donors (Lipinski definition) is 1. The predicted molar refractivity (Wildman–Crippen MR) is 84.2 cm³/mol. The molecule has 4 aliphatic rings. The molecule has 1 aromatic heterocycles. The van der Waals surface area contributed by atoms with E-state index in [1.54, 1.807) is 12.3 Å². The van der Waals surface area contributed by atoms with Crippen LogP contribution in [0.2, 0.25) is 0 Å². The Morgan fingerprint density at radius 1 is 1.23 bits per heavy atom. The fourth-order valence-electron chi connectivity index (χ4n) is 3.91. The number of anilines is 2. The fraction of sp³-hybridized carbons (Fsp3) is 0.688. The Kier molecular flexibility index (Phi) is 3.39. The minimum atomic E-state index is 0.0869. The number of amides is 1. The van der Waals surface area contributed by atoms with Crippen molar-refractivity contribution >= 4 is 17.7 Å². The van der Waals surface area contributed by atoms with Crippen LogP contribution in [0.1, 0.15) is 32.1 Å². The molecule has 1 saturated carbocycles. The van der Waals surface area contributed by atoms with Gasteiger partial charge in [0.05, 0.1) is 5.92 Å². The highest BCUT2D eigenvalue weighted by Gasteiger charge is 2.42. The number of fused-ring (bicyclic) bond motifs is 4. The molecule has 6 nitrogen and oxygen atoms in total. The van der Waals surface area contributed by atoms with Crippen molar-refractivity contribution in [2.75, 3.05) is 30.3 Å². The van der Waals surface area contributed by atoms with Crippen molar-refractivity contribution in [2.45, 2.75) is 38.1 Å². The first-order valence-corrected chi connectivity index (χ1v) is 8.34. The molecule has 1 amide bonds. The maximum Gasteiger partial charge on any atom is 0.227 e. The summed E-state index contributed by atoms with van der Waals surface area (Å²) in [5.74, 6) is 2.30. The van der Waals surface area contributed by atoms with Gasteiger partial charge in [-0.15, -0.1) is 0 Å². The number of nitrogens with two attached hydrogens (primary N) is 1. The third kappa shape index (κ3) is 2.40. The first kappa shape index (κ1) is 13.8. The molecule has 4 heterocycles. The van der Waals surface area contributed by atoms with E-state index in [0.717, 1.165) is 38.4 Å². The molecule has 4 fully saturated rings. The lowest BCUT2D eigenvalue weighted by atomic mass is 9.83. The SMILES string of the molecule is Nc1ccnc(N2C[C@@H]3CC[C@H](C2)N(CC2CCC2)C3=O)n1. The minimum Gasteiger partial charge on any atom is -0.384 e. The van der Waals surface area contributed by atoms with Crippen LogP contribution in [-0.2, 0) is 4.79 Å². The molecule has 1 aromatic rings. The second kappa shape index (κ2) is 5.41. The Balaban J connectivity index is 1.55. The third-order valence-electron chi connectivity index (χ3n) is 5.42. The standard InChI is InChI=1S/C16H23N5O/c17-14-6-7-18-16(19-14)20-9-12-4-5-13(10-20)21(15(12)22)8-11-2-1-3-11/h6-7,11-13H,1-5,8-10H2,(H2,17,18,19)/t12-,13+/m0/s1. The zero-order chi connectivity index (χ0) is 15.1. The molecular weight excluding hydrogens is 278 g/mol. The number of nitrogens with zero attached hydrogens (tertiary/aromatic N) is 4. The Hall–Kier alpha value is -1.85. The zero-order valence-corrected chi connectivity index (χ0v) is 12.8. The normalized spacial score (nSPS) is 28.6. The first-order chi connectivity index (χ1) is 10.7. The summed E-state index contributed by atoms with van der Waals surface area (Å²) in [6.45, 7) is 2.50. The van der Waals surface area contributed by atoms with Crippen LogP contribution in [0.15, 0.2) is 12.3 Å². The Labute approximate surface area is 130 Å². The van der Waals surface area contributed by atoms with Crippen LogP contribution in [0.5, 0.6) is 0 Å². The van der Waals surface area contributed by atoms with Gasteiger partial charge in [0.1, 0.15) is 5.82 Å². The highest BCUT2D eigenvalue weighted by molar-refractivity contribution is 5.81. The van der Waals surface area contributed by atoms with Crippen LogP contribution in [0.4, 0.5) is 11.8 Å². The molecule has 6 heteroatoms. The van der Waals surface area contributed by atoms with E-state index in [2.05, 4.69) is 19.8 Å². The first-order valence-electron chi connectivity index (χ1n) is 8.34. The van der Waals surface area contributed by atoms with Crippen LogP contribution < -0.4 is 10.6 Å². The van der Waals surface area contributed by atoms with Gasteiger partial charge in [-0.2, -0.15) is 4.98 Å². The number of hydrogen-bond acceptors (Lipinski definition) is 5. The molecule has 2 bridgehead atoms. The number of aromatic nitrogens is 2. The third-order valence-corrected chi connectivity index (χ3v) is 5.42. The lowest BCUT2D eigenvalue weighted by Crippen LogP contribution is -2.50. The summed E-state index contributed by atoms with van der Waals surface area (Å²) in [4.78, 5) is 25.7. The van der Waals surface area contributed by atoms with E-state index in [4.69, 9.17) is 5.73 Å². The van der Waals surface area contributed by atoms with E-state index in [1.165, 1.54) is 19.3 Å². The number of piperidine rings is 1. The average molecular weight is 301 g/mol. The van der Waals surface area contributed by atoms with E-state index in [1.807, 2.05) is 0 Å². The Bertz CT molecular complexity index is 573. The maximum atomic E-state index is 12.8. The van der Waals surface area contributed by atoms with Crippen LogP contribution >= 0.6 is 0 Å². The van der Waals surface area contributed by atoms with Crippen molar-refractivity contribution in [3.8, 4) is 0 Å². The van der Waals surface area contributed by atoms with Gasteiger partial charge >= 0.3 is 0 Å². The van der Waals surface area contributed by atoms with Gasteiger partial charge in [-0.05, 0) is 37.7 Å². The van der Waals surface area contributed by atoms with Crippen molar-refractivity contribution in [3.05, 3.63) is 12.3 Å². The van der Waals surface area contributed by atoms with Gasteiger partial charge in [0.15, 0.2) is 0 Å². The second-order valence-corrected chi connectivity index (χ2v) is 6.90. The molecule has 22 heavy (non-hydrogen) atoms. The number of rotatable bonds is 3. The largest absolute Gasteiger partial charge is 0.384 e. The molecule has 1 aliphatic carbocycles. The van der Waals surface area contributed by atoms with E-state index >= 15 is 0 Å². The molecular formula is C16H23N5O. The predicted octanol–water partition coefficient (Wildman–Crippen LogP) is 1.29. The summed E-state index contributed by atoms with van der Waals surface area (Å²) in [5.41, 5.74) is 5.78. The van der Waals surface area contributed by atoms with Gasteiger partial charge < -0.3 is 15.5 Å². The summed E-state index contributed by atoms with van der Waals surface area (Å²) in [6.07, 6.45) is 7.67. The highest BCUT2D eigenvalue weighted by Crippen LogP contribution is 2.34. The summed E-state index contributed by atoms with van der Waals surface area (Å²) >= 11 is 0. The molecule has 0 spiro atoms. The lowest BCUT2D eigenvalue weighted by Gasteiger charge is -2.40. The number of carbonyl (C=O) groups excluding carboxylic acids is 1. The molecule has 118 valence electrons. The van der Waals surface area contributed by atoms with Crippen LogP contribution in [0, 0.1) is 11.8 Å². The topological polar surface area (TPSA) is 75.3 Å². The van der Waals surface area contributed by atoms with Gasteiger partial charge in [-0.25, -0.2) is 4.98 Å². The molecule has 0 unspecified atom stereocenters. The smallest absolute Gasteiger partial charge is 0.227 e. The molecule has 0 radical (unpaired) electrons. The van der Waals surface area contributed by atoms with Crippen molar-refractivity contribution in [3.63, 3.8) is 0 Å². The highest BCUT2D eigenvalue weighted by atomic mass is 16.2. The monoisotopic (exact) mass is 301 g/mol. The molecule has 0 aromatic carbocycles. The Morgan fingerprint density at radius 2 is 2.09 bits per heavy atom. The molecule has 3 saturated heterocycles. The average Bonchev–Trinajstić information content (AvgIpc) is 2.75. The van der Waals surface area contributed by atoms with Gasteiger partial charge in [-0.3, -0.25) is 4.79 Å². The van der Waals surface area contributed by atoms with Gasteiger partial charge in [0.25, 0.3) is 0 Å². The van der Waals surface area contributed by atoms with Crippen molar-refractivity contribution in [1.29, 1.82) is 0 Å². The van der Waals surface area contributed by atoms with Gasteiger partial charge in [-0.1, -0.05) is 6.42 Å². The fourth-order valence-corrected chi connectivity index (χ4v) is 3.91. The van der Waals surface area contributed by atoms with E-state index in [0.29, 0.717) is 23.7 Å². The minimum absolute atomic E-state index is 0.0869. The molecule has 3 aliphatic heterocycles. The van der Waals surface area contributed by atoms with Crippen LogP contribution in [0.25, 0.3) is 0 Å². The summed E-state index contributed by atoms with van der Waals surface area (Å²) in [7, 11) is 0. The Morgan fingerprint density at radius 3 is 2.82 bits per heavy atom. The van der Waals surface area contributed by atoms with Crippen LogP contribution in [-0.4, -0.2) is 46.5 Å². The quantitative estimate of drug-likeness (QED) is 0.910. The lowest BCUT2D eigenvalue weighted by molar-refractivity contribution is -0.141. The van der Waals surface area contributed by atoms with Crippen molar-refractivity contribution < 1.29 is 4.79 Å². The summed E-state index contributed by atoms with van der Waals surface area (Å²) < 4.78 is 0. The van der Waals surface area contributed by atoms with E-state index < -0.39 is 0 Å². The molecule has 2 atom stereocenters. The van der Waals surface area contributed by atoms with Crippen LogP contribution in [0.3, 0.4) is 0 Å². The van der Waals surface area contributed by atoms with Gasteiger partial charge in [0.2, 0.25) is 11.9 Å². The van der Waals surface area contributed by atoms with E-state index in [-0.39, 0.29) is 5.92 Å². The molecule has 2 N–H and O–H groups in total. The maximum absolute atomic E-state index is 12.8. The summed E-state index contributed by atoms with van der Waals surface area (Å²) in [5, 5.41) is 0. The summed E-state index contributed by atoms with van der Waals surface area (Å²) in [6, 6.07) is 2.00. The van der Waals surface area contributed by atoms with E-state index in [9.17, 15) is 4.79 Å². The molecule has 5 rings (SSSR count). The number of nitrogen functional groups attached to an aromatic ring is 1.